The highest BCUT2D eigenvalue weighted by Crippen LogP contribution is 2.22. The highest BCUT2D eigenvalue weighted by molar-refractivity contribution is 7.90. The number of hydrogen-bond acceptors (Lipinski definition) is 6. The number of hydrogen-bond donors (Lipinski definition) is 2. The van der Waals surface area contributed by atoms with Crippen molar-refractivity contribution >= 4 is 27.1 Å². The molecule has 0 saturated heterocycles. The fraction of sp³-hybridized carbons (Fsp3) is 0.417. The van der Waals surface area contributed by atoms with Crippen LogP contribution < -0.4 is 10.6 Å². The van der Waals surface area contributed by atoms with Gasteiger partial charge < -0.3 is 10.6 Å². The maximum Gasteiger partial charge on any atom is 0.270 e. The zero-order valence-electron chi connectivity index (χ0n) is 11.8. The van der Waals surface area contributed by atoms with Gasteiger partial charge in [0.2, 0.25) is 0 Å². The number of benzene rings is 1. The van der Waals surface area contributed by atoms with Gasteiger partial charge in [-0.1, -0.05) is 0 Å². The number of anilines is 1. The third kappa shape index (κ3) is 5.38. The molecule has 116 valence electrons. The quantitative estimate of drug-likeness (QED) is 0.567. The summed E-state index contributed by atoms with van der Waals surface area (Å²) in [5.41, 5.74) is 0.365. The van der Waals surface area contributed by atoms with Crippen LogP contribution in [0.25, 0.3) is 0 Å². The van der Waals surface area contributed by atoms with Crippen molar-refractivity contribution < 1.29 is 18.1 Å². The molecule has 0 aliphatic carbocycles. The van der Waals surface area contributed by atoms with Crippen LogP contribution >= 0.6 is 0 Å². The van der Waals surface area contributed by atoms with E-state index in [1.54, 1.807) is 0 Å². The SMILES string of the molecule is CCNc1ccc([N+](=O)[O-])cc1C(=O)NCCS(C)(=O)=O. The standard InChI is InChI=1S/C12H17N3O5S/c1-3-13-11-5-4-9(15(17)18)8-10(11)12(16)14-6-7-21(2,19)20/h4-5,8,13H,3,6-7H2,1-2H3,(H,14,16). The molecule has 1 aromatic carbocycles. The van der Waals surface area contributed by atoms with Gasteiger partial charge in [0, 0.05) is 37.2 Å². The zero-order valence-corrected chi connectivity index (χ0v) is 12.6. The zero-order chi connectivity index (χ0) is 16.0. The summed E-state index contributed by atoms with van der Waals surface area (Å²) in [6, 6.07) is 3.91. The number of amides is 1. The molecule has 9 heteroatoms. The van der Waals surface area contributed by atoms with Crippen molar-refractivity contribution in [3.05, 3.63) is 33.9 Å². The molecule has 21 heavy (non-hydrogen) atoms. The summed E-state index contributed by atoms with van der Waals surface area (Å²) in [5.74, 6) is -0.747. The summed E-state index contributed by atoms with van der Waals surface area (Å²) in [5, 5.41) is 16.1. The molecule has 0 aliphatic rings. The fourth-order valence-corrected chi connectivity index (χ4v) is 2.10. The second-order valence-electron chi connectivity index (χ2n) is 4.40. The van der Waals surface area contributed by atoms with E-state index in [1.165, 1.54) is 12.1 Å². The van der Waals surface area contributed by atoms with Gasteiger partial charge in [0.05, 0.1) is 16.2 Å². The van der Waals surface area contributed by atoms with E-state index < -0.39 is 20.7 Å². The first-order chi connectivity index (χ1) is 9.74. The Kier molecular flexibility index (Phi) is 5.65. The topological polar surface area (TPSA) is 118 Å². The molecule has 8 nitrogen and oxygen atoms in total. The Labute approximate surface area is 122 Å². The van der Waals surface area contributed by atoms with E-state index in [4.69, 9.17) is 0 Å². The number of sulfone groups is 1. The lowest BCUT2D eigenvalue weighted by molar-refractivity contribution is -0.384. The summed E-state index contributed by atoms with van der Waals surface area (Å²) < 4.78 is 22.0. The minimum atomic E-state index is -3.18. The Morgan fingerprint density at radius 2 is 2.05 bits per heavy atom. The Hall–Kier alpha value is -2.16. The number of nitrogens with zero attached hydrogens (tertiary/aromatic N) is 1. The smallest absolute Gasteiger partial charge is 0.270 e. The van der Waals surface area contributed by atoms with Gasteiger partial charge in [-0.3, -0.25) is 14.9 Å². The van der Waals surface area contributed by atoms with E-state index in [1.807, 2.05) is 6.92 Å². The summed E-state index contributed by atoms with van der Waals surface area (Å²) in [6.07, 6.45) is 1.07. The Balaban J connectivity index is 2.94. The van der Waals surface area contributed by atoms with Crippen LogP contribution in [0.15, 0.2) is 18.2 Å². The van der Waals surface area contributed by atoms with Gasteiger partial charge in [0.25, 0.3) is 11.6 Å². The fourth-order valence-electron chi connectivity index (χ4n) is 1.62. The molecule has 1 rings (SSSR count). The number of non-ortho nitro benzene ring substituents is 1. The highest BCUT2D eigenvalue weighted by Gasteiger charge is 2.16. The minimum Gasteiger partial charge on any atom is -0.385 e. The number of carbonyl (C=O) groups excluding carboxylic acids is 1. The molecule has 0 atom stereocenters. The molecule has 0 heterocycles. The first kappa shape index (κ1) is 16.9. The molecule has 0 spiro atoms. The van der Waals surface area contributed by atoms with Crippen molar-refractivity contribution in [2.45, 2.75) is 6.92 Å². The van der Waals surface area contributed by atoms with Crippen molar-refractivity contribution in [3.63, 3.8) is 0 Å². The van der Waals surface area contributed by atoms with Crippen LogP contribution in [0.2, 0.25) is 0 Å². The second-order valence-corrected chi connectivity index (χ2v) is 6.66. The van der Waals surface area contributed by atoms with Crippen molar-refractivity contribution in [1.29, 1.82) is 0 Å². The summed E-state index contributed by atoms with van der Waals surface area (Å²) >= 11 is 0. The lowest BCUT2D eigenvalue weighted by Gasteiger charge is -2.10. The second kappa shape index (κ2) is 7.02. The monoisotopic (exact) mass is 315 g/mol. The molecule has 0 fully saturated rings. The third-order valence-corrected chi connectivity index (χ3v) is 3.53. The van der Waals surface area contributed by atoms with Gasteiger partial charge >= 0.3 is 0 Å². The van der Waals surface area contributed by atoms with Crippen LogP contribution in [0.4, 0.5) is 11.4 Å². The van der Waals surface area contributed by atoms with Gasteiger partial charge in [0.1, 0.15) is 9.84 Å². The molecule has 0 unspecified atom stereocenters. The molecule has 1 amide bonds. The molecule has 1 aromatic rings. The molecule has 0 bridgehead atoms. The predicted molar refractivity (Wildman–Crippen MR) is 79.3 cm³/mol. The van der Waals surface area contributed by atoms with Gasteiger partial charge in [-0.2, -0.15) is 0 Å². The van der Waals surface area contributed by atoms with E-state index in [0.29, 0.717) is 12.2 Å². The Morgan fingerprint density at radius 3 is 2.57 bits per heavy atom. The average Bonchev–Trinajstić information content (AvgIpc) is 2.37. The number of nitrogens with one attached hydrogen (secondary N) is 2. The Morgan fingerprint density at radius 1 is 1.38 bits per heavy atom. The third-order valence-electron chi connectivity index (χ3n) is 2.58. The van der Waals surface area contributed by atoms with Gasteiger partial charge in [-0.15, -0.1) is 0 Å². The normalized spacial score (nSPS) is 11.0. The number of rotatable bonds is 7. The van der Waals surface area contributed by atoms with Crippen LogP contribution in [0.3, 0.4) is 0 Å². The summed E-state index contributed by atoms with van der Waals surface area (Å²) in [4.78, 5) is 22.2. The van der Waals surface area contributed by atoms with Crippen molar-refractivity contribution in [2.75, 3.05) is 30.4 Å². The number of nitro benzene ring substituents is 1. The van der Waals surface area contributed by atoms with Crippen LogP contribution in [-0.4, -0.2) is 44.3 Å². The first-order valence-corrected chi connectivity index (χ1v) is 8.29. The van der Waals surface area contributed by atoms with E-state index >= 15 is 0 Å². The van der Waals surface area contributed by atoms with Crippen LogP contribution in [-0.2, 0) is 9.84 Å². The van der Waals surface area contributed by atoms with Gasteiger partial charge in [-0.25, -0.2) is 8.42 Å². The molecule has 0 aromatic heterocycles. The summed E-state index contributed by atoms with van der Waals surface area (Å²) in [6.45, 7) is 2.32. The van der Waals surface area contributed by atoms with E-state index in [0.717, 1.165) is 12.3 Å². The molecule has 0 aliphatic heterocycles. The van der Waals surface area contributed by atoms with Crippen LogP contribution in [0, 0.1) is 10.1 Å². The van der Waals surface area contributed by atoms with Gasteiger partial charge in [-0.05, 0) is 13.0 Å². The molecule has 0 saturated carbocycles. The van der Waals surface area contributed by atoms with Crippen molar-refractivity contribution in [3.8, 4) is 0 Å². The highest BCUT2D eigenvalue weighted by atomic mass is 32.2. The molecule has 0 radical (unpaired) electrons. The van der Waals surface area contributed by atoms with Crippen molar-refractivity contribution in [1.82, 2.24) is 5.32 Å². The first-order valence-electron chi connectivity index (χ1n) is 6.23. The van der Waals surface area contributed by atoms with Gasteiger partial charge in [0.15, 0.2) is 0 Å². The molecule has 2 N–H and O–H groups in total. The minimum absolute atomic E-state index is 0.0497. The predicted octanol–water partition coefficient (Wildman–Crippen LogP) is 0.801. The largest absolute Gasteiger partial charge is 0.385 e. The van der Waals surface area contributed by atoms with Crippen molar-refractivity contribution in [2.24, 2.45) is 0 Å². The van der Waals surface area contributed by atoms with Crippen LogP contribution in [0.1, 0.15) is 17.3 Å². The molecular formula is C12H17N3O5S. The maximum absolute atomic E-state index is 12.0. The Bertz CT molecular complexity index is 642. The number of carbonyl (C=O) groups is 1. The van der Waals surface area contributed by atoms with E-state index in [9.17, 15) is 23.3 Å². The van der Waals surface area contributed by atoms with Crippen LogP contribution in [0.5, 0.6) is 0 Å². The number of nitro groups is 1. The average molecular weight is 315 g/mol. The summed E-state index contributed by atoms with van der Waals surface area (Å²) in [7, 11) is -3.18. The van der Waals surface area contributed by atoms with E-state index in [2.05, 4.69) is 10.6 Å². The lowest BCUT2D eigenvalue weighted by atomic mass is 10.1. The maximum atomic E-state index is 12.0. The lowest BCUT2D eigenvalue weighted by Crippen LogP contribution is -2.29. The van der Waals surface area contributed by atoms with E-state index in [-0.39, 0.29) is 23.5 Å². The molecular weight excluding hydrogens is 298 g/mol.